The van der Waals surface area contributed by atoms with E-state index in [-0.39, 0.29) is 30.6 Å². The topological polar surface area (TPSA) is 86.8 Å². The van der Waals surface area contributed by atoms with Crippen molar-refractivity contribution in [1.82, 2.24) is 10.2 Å². The maximum absolute atomic E-state index is 12.9. The Bertz CT molecular complexity index is 811. The first-order valence-electron chi connectivity index (χ1n) is 9.39. The number of urea groups is 1. The molecule has 27 heavy (non-hydrogen) atoms. The first kappa shape index (κ1) is 19.1. The maximum Gasteiger partial charge on any atom is 0.325 e. The van der Waals surface area contributed by atoms with E-state index in [9.17, 15) is 19.2 Å². The second-order valence-electron chi connectivity index (χ2n) is 7.30. The molecule has 7 heteroatoms. The van der Waals surface area contributed by atoms with Gasteiger partial charge in [-0.2, -0.15) is 0 Å². The molecule has 2 aliphatic rings. The number of carbonyl (C=O) groups excluding carboxylic acids is 4. The zero-order valence-electron chi connectivity index (χ0n) is 16.0. The molecule has 1 saturated heterocycles. The molecular formula is C20H25N3O4. The smallest absolute Gasteiger partial charge is 0.323 e. The molecule has 1 aromatic carbocycles. The minimum Gasteiger partial charge on any atom is -0.323 e. The number of fused-ring (bicyclic) bond motifs is 1. The molecule has 0 atom stereocenters. The van der Waals surface area contributed by atoms with Crippen LogP contribution in [0.15, 0.2) is 18.2 Å². The van der Waals surface area contributed by atoms with Gasteiger partial charge in [-0.1, -0.05) is 26.7 Å². The van der Waals surface area contributed by atoms with Crippen LogP contribution in [0, 0.1) is 0 Å². The van der Waals surface area contributed by atoms with Gasteiger partial charge < -0.3 is 10.2 Å². The van der Waals surface area contributed by atoms with Gasteiger partial charge in [0.15, 0.2) is 5.78 Å². The Hall–Kier alpha value is -2.70. The van der Waals surface area contributed by atoms with E-state index in [1.807, 2.05) is 13.8 Å². The Morgan fingerprint density at radius 3 is 2.44 bits per heavy atom. The van der Waals surface area contributed by atoms with E-state index in [1.54, 1.807) is 30.1 Å². The summed E-state index contributed by atoms with van der Waals surface area (Å²) < 4.78 is 0. The molecule has 4 amide bonds. The zero-order chi connectivity index (χ0) is 19.8. The molecule has 3 rings (SSSR count). The average Bonchev–Trinajstić information content (AvgIpc) is 3.03. The summed E-state index contributed by atoms with van der Waals surface area (Å²) in [7, 11) is 1.70. The van der Waals surface area contributed by atoms with Crippen molar-refractivity contribution in [2.45, 2.75) is 51.5 Å². The van der Waals surface area contributed by atoms with E-state index < -0.39 is 11.6 Å². The molecule has 1 fully saturated rings. The van der Waals surface area contributed by atoms with Crippen molar-refractivity contribution in [3.05, 3.63) is 29.3 Å². The number of benzene rings is 1. The third-order valence-corrected chi connectivity index (χ3v) is 5.38. The van der Waals surface area contributed by atoms with E-state index in [0.29, 0.717) is 18.4 Å². The van der Waals surface area contributed by atoms with Crippen molar-refractivity contribution in [3.63, 3.8) is 0 Å². The Balaban J connectivity index is 1.78. The van der Waals surface area contributed by atoms with Gasteiger partial charge in [0.05, 0.1) is 13.0 Å². The van der Waals surface area contributed by atoms with Crippen molar-refractivity contribution in [3.8, 4) is 0 Å². The molecular weight excluding hydrogens is 346 g/mol. The molecule has 1 aromatic rings. The summed E-state index contributed by atoms with van der Waals surface area (Å²) in [6.45, 7) is 3.64. The fourth-order valence-corrected chi connectivity index (χ4v) is 4.02. The number of hydrogen-bond donors (Lipinski definition) is 1. The number of rotatable bonds is 7. The first-order chi connectivity index (χ1) is 12.8. The van der Waals surface area contributed by atoms with Crippen LogP contribution >= 0.6 is 0 Å². The van der Waals surface area contributed by atoms with E-state index in [2.05, 4.69) is 5.32 Å². The summed E-state index contributed by atoms with van der Waals surface area (Å²) in [5.41, 5.74) is 1.09. The summed E-state index contributed by atoms with van der Waals surface area (Å²) in [5.74, 6) is -0.652. The lowest BCUT2D eigenvalue weighted by molar-refractivity contribution is -0.131. The number of likely N-dealkylation sites (N-methyl/N-ethyl adjacent to an activating group) is 1. The number of imide groups is 1. The molecule has 0 saturated carbocycles. The normalized spacial score (nSPS) is 18.1. The Labute approximate surface area is 158 Å². The summed E-state index contributed by atoms with van der Waals surface area (Å²) in [6.07, 6.45) is 2.90. The monoisotopic (exact) mass is 371 g/mol. The SMILES string of the molecule is CCCC1(CCC)NC(=O)N(CC(=O)c2ccc3c(c2)CC(=O)N3C)C1=O. The van der Waals surface area contributed by atoms with Crippen LogP contribution in [0.3, 0.4) is 0 Å². The highest BCUT2D eigenvalue weighted by atomic mass is 16.2. The molecule has 0 aliphatic carbocycles. The van der Waals surface area contributed by atoms with Crippen molar-refractivity contribution < 1.29 is 19.2 Å². The molecule has 0 unspecified atom stereocenters. The third-order valence-electron chi connectivity index (χ3n) is 5.38. The average molecular weight is 371 g/mol. The molecule has 2 aliphatic heterocycles. The van der Waals surface area contributed by atoms with Gasteiger partial charge in [0.25, 0.3) is 5.91 Å². The largest absolute Gasteiger partial charge is 0.325 e. The molecule has 0 aromatic heterocycles. The summed E-state index contributed by atoms with van der Waals surface area (Å²) in [5, 5.41) is 2.81. The van der Waals surface area contributed by atoms with Gasteiger partial charge in [-0.05, 0) is 36.6 Å². The van der Waals surface area contributed by atoms with Crippen molar-refractivity contribution in [2.24, 2.45) is 0 Å². The van der Waals surface area contributed by atoms with Crippen LogP contribution in [0.1, 0.15) is 55.5 Å². The third kappa shape index (κ3) is 3.22. The maximum atomic E-state index is 12.9. The minimum absolute atomic E-state index is 0.0207. The van der Waals surface area contributed by atoms with Crippen LogP contribution in [0.25, 0.3) is 0 Å². The number of nitrogens with zero attached hydrogens (tertiary/aromatic N) is 2. The highest BCUT2D eigenvalue weighted by molar-refractivity contribution is 6.11. The van der Waals surface area contributed by atoms with Crippen LogP contribution < -0.4 is 10.2 Å². The second kappa shape index (κ2) is 7.13. The lowest BCUT2D eigenvalue weighted by atomic mass is 9.88. The van der Waals surface area contributed by atoms with Gasteiger partial charge in [-0.25, -0.2) is 4.79 Å². The molecule has 0 bridgehead atoms. The van der Waals surface area contributed by atoms with Crippen LogP contribution in [0.4, 0.5) is 10.5 Å². The Morgan fingerprint density at radius 1 is 1.15 bits per heavy atom. The number of Topliss-reactive ketones (excluding diaryl/α,β-unsaturated/α-hetero) is 1. The highest BCUT2D eigenvalue weighted by Crippen LogP contribution is 2.30. The highest BCUT2D eigenvalue weighted by Gasteiger charge is 2.50. The molecule has 0 radical (unpaired) electrons. The predicted molar refractivity (Wildman–Crippen MR) is 101 cm³/mol. The predicted octanol–water partition coefficient (Wildman–Crippen LogP) is 2.28. The molecule has 144 valence electrons. The lowest BCUT2D eigenvalue weighted by Crippen LogP contribution is -2.47. The molecule has 0 spiro atoms. The van der Waals surface area contributed by atoms with Gasteiger partial charge >= 0.3 is 6.03 Å². The fraction of sp³-hybridized carbons (Fsp3) is 0.500. The number of amides is 4. The van der Waals surface area contributed by atoms with Crippen molar-refractivity contribution in [1.29, 1.82) is 0 Å². The zero-order valence-corrected chi connectivity index (χ0v) is 16.0. The van der Waals surface area contributed by atoms with Gasteiger partial charge in [-0.3, -0.25) is 19.3 Å². The van der Waals surface area contributed by atoms with Gasteiger partial charge in [0.2, 0.25) is 5.91 Å². The van der Waals surface area contributed by atoms with Gasteiger partial charge in [0.1, 0.15) is 5.54 Å². The minimum atomic E-state index is -0.895. The molecule has 2 heterocycles. The summed E-state index contributed by atoms with van der Waals surface area (Å²) in [4.78, 5) is 52.4. The van der Waals surface area contributed by atoms with Crippen LogP contribution in [-0.4, -0.2) is 47.7 Å². The van der Waals surface area contributed by atoms with Crippen molar-refractivity contribution >= 4 is 29.3 Å². The standard InChI is InChI=1S/C20H25N3O4/c1-4-8-20(9-5-2)18(26)23(19(27)21-20)12-16(24)13-6-7-15-14(10-13)11-17(25)22(15)3/h6-7,10H,4-5,8-9,11-12H2,1-3H3,(H,21,27). The van der Waals surface area contributed by atoms with E-state index in [4.69, 9.17) is 0 Å². The quantitative estimate of drug-likeness (QED) is 0.588. The van der Waals surface area contributed by atoms with E-state index in [1.165, 1.54) is 0 Å². The number of ketones is 1. The fourth-order valence-electron chi connectivity index (χ4n) is 4.02. The van der Waals surface area contributed by atoms with Crippen LogP contribution in [0.5, 0.6) is 0 Å². The van der Waals surface area contributed by atoms with E-state index in [0.717, 1.165) is 29.0 Å². The Kier molecular flexibility index (Phi) is 5.04. The number of anilines is 1. The lowest BCUT2D eigenvalue weighted by Gasteiger charge is -2.25. The van der Waals surface area contributed by atoms with Crippen LogP contribution in [-0.2, 0) is 16.0 Å². The molecule has 7 nitrogen and oxygen atoms in total. The number of hydrogen-bond acceptors (Lipinski definition) is 4. The number of nitrogens with one attached hydrogen (secondary N) is 1. The van der Waals surface area contributed by atoms with Gasteiger partial charge in [0, 0.05) is 18.3 Å². The first-order valence-corrected chi connectivity index (χ1v) is 9.39. The Morgan fingerprint density at radius 2 is 1.81 bits per heavy atom. The summed E-state index contributed by atoms with van der Waals surface area (Å²) in [6, 6.07) is 4.55. The second-order valence-corrected chi connectivity index (χ2v) is 7.30. The summed E-state index contributed by atoms with van der Waals surface area (Å²) >= 11 is 0. The van der Waals surface area contributed by atoms with Crippen molar-refractivity contribution in [2.75, 3.05) is 18.5 Å². The van der Waals surface area contributed by atoms with Crippen LogP contribution in [0.2, 0.25) is 0 Å². The van der Waals surface area contributed by atoms with Gasteiger partial charge in [-0.15, -0.1) is 0 Å². The van der Waals surface area contributed by atoms with E-state index >= 15 is 0 Å². The molecule has 1 N–H and O–H groups in total. The number of carbonyl (C=O) groups is 4.